The lowest BCUT2D eigenvalue weighted by molar-refractivity contribution is -0.135. The molecule has 2 N–H and O–H groups in total. The van der Waals surface area contributed by atoms with Crippen molar-refractivity contribution in [1.82, 2.24) is 15.5 Å². The Kier molecular flexibility index (Phi) is 7.28. The SMILES string of the molecule is CC(C)[C@@H](NC(=O)CN1C(=O)N[C@](C)(CCc2ccccc2)C1=O)c1ccc2c(c1)OCCCO2. The molecule has 0 spiro atoms. The van der Waals surface area contributed by atoms with E-state index in [9.17, 15) is 14.4 Å². The highest BCUT2D eigenvalue weighted by molar-refractivity contribution is 6.08. The first-order valence-corrected chi connectivity index (χ1v) is 12.1. The highest BCUT2D eigenvalue weighted by atomic mass is 16.5. The molecule has 0 aromatic heterocycles. The van der Waals surface area contributed by atoms with Gasteiger partial charge in [-0.05, 0) is 48.9 Å². The predicted octanol–water partition coefficient (Wildman–Crippen LogP) is 3.60. The smallest absolute Gasteiger partial charge is 0.325 e. The fourth-order valence-corrected chi connectivity index (χ4v) is 4.47. The van der Waals surface area contributed by atoms with Crippen molar-refractivity contribution in [2.45, 2.75) is 51.6 Å². The predicted molar refractivity (Wildman–Crippen MR) is 131 cm³/mol. The first-order chi connectivity index (χ1) is 16.8. The summed E-state index contributed by atoms with van der Waals surface area (Å²) in [6.45, 7) is 6.56. The number of hydrogen-bond acceptors (Lipinski definition) is 5. The fourth-order valence-electron chi connectivity index (χ4n) is 4.47. The molecule has 1 saturated heterocycles. The summed E-state index contributed by atoms with van der Waals surface area (Å²) in [6.07, 6.45) is 1.90. The van der Waals surface area contributed by atoms with E-state index in [1.807, 2.05) is 62.4 Å². The van der Waals surface area contributed by atoms with E-state index in [2.05, 4.69) is 10.6 Å². The van der Waals surface area contributed by atoms with E-state index in [1.54, 1.807) is 6.92 Å². The summed E-state index contributed by atoms with van der Waals surface area (Å²) in [5.41, 5.74) is 0.920. The van der Waals surface area contributed by atoms with E-state index < -0.39 is 17.5 Å². The third kappa shape index (κ3) is 5.58. The molecule has 8 heteroatoms. The van der Waals surface area contributed by atoms with Crippen LogP contribution in [0, 0.1) is 5.92 Å². The van der Waals surface area contributed by atoms with Gasteiger partial charge in [0.05, 0.1) is 19.3 Å². The second kappa shape index (κ2) is 10.4. The minimum atomic E-state index is -1.04. The molecule has 2 atom stereocenters. The molecule has 8 nitrogen and oxygen atoms in total. The third-order valence-electron chi connectivity index (χ3n) is 6.52. The number of urea groups is 1. The molecule has 35 heavy (non-hydrogen) atoms. The summed E-state index contributed by atoms with van der Waals surface area (Å²) < 4.78 is 11.5. The zero-order valence-corrected chi connectivity index (χ0v) is 20.5. The van der Waals surface area contributed by atoms with E-state index in [4.69, 9.17) is 9.47 Å². The van der Waals surface area contributed by atoms with Crippen molar-refractivity contribution in [3.05, 3.63) is 59.7 Å². The first-order valence-electron chi connectivity index (χ1n) is 12.1. The maximum Gasteiger partial charge on any atom is 0.325 e. The molecule has 2 aliphatic heterocycles. The average Bonchev–Trinajstić information content (AvgIpc) is 3.00. The maximum absolute atomic E-state index is 13.1. The molecule has 1 fully saturated rings. The van der Waals surface area contributed by atoms with Crippen LogP contribution < -0.4 is 20.1 Å². The van der Waals surface area contributed by atoms with Crippen molar-refractivity contribution in [3.8, 4) is 11.5 Å². The normalized spacial score (nSPS) is 20.4. The van der Waals surface area contributed by atoms with E-state index in [1.165, 1.54) is 0 Å². The number of ether oxygens (including phenoxy) is 2. The Morgan fingerprint density at radius 1 is 1.09 bits per heavy atom. The van der Waals surface area contributed by atoms with Crippen LogP contribution in [0.25, 0.3) is 0 Å². The number of fused-ring (bicyclic) bond motifs is 1. The van der Waals surface area contributed by atoms with Gasteiger partial charge in [-0.15, -0.1) is 0 Å². The Labute approximate surface area is 206 Å². The van der Waals surface area contributed by atoms with Gasteiger partial charge in [0, 0.05) is 6.42 Å². The summed E-state index contributed by atoms with van der Waals surface area (Å²) >= 11 is 0. The van der Waals surface area contributed by atoms with Gasteiger partial charge in [0.2, 0.25) is 5.91 Å². The Hall–Kier alpha value is -3.55. The molecule has 2 aromatic rings. The summed E-state index contributed by atoms with van der Waals surface area (Å²) in [4.78, 5) is 39.7. The number of aryl methyl sites for hydroxylation is 1. The molecule has 2 heterocycles. The highest BCUT2D eigenvalue weighted by Crippen LogP contribution is 2.34. The molecule has 2 aliphatic rings. The number of carbonyl (C=O) groups excluding carboxylic acids is 3. The van der Waals surface area contributed by atoms with E-state index in [0.29, 0.717) is 37.6 Å². The molecule has 0 saturated carbocycles. The van der Waals surface area contributed by atoms with Crippen LogP contribution >= 0.6 is 0 Å². The maximum atomic E-state index is 13.1. The first kappa shape index (κ1) is 24.6. The zero-order chi connectivity index (χ0) is 25.0. The molecule has 0 radical (unpaired) electrons. The summed E-state index contributed by atoms with van der Waals surface area (Å²) in [5, 5.41) is 5.78. The van der Waals surface area contributed by atoms with Crippen LogP contribution in [-0.2, 0) is 16.0 Å². The van der Waals surface area contributed by atoms with E-state index in [0.717, 1.165) is 22.4 Å². The van der Waals surface area contributed by atoms with Crippen LogP contribution in [0.2, 0.25) is 0 Å². The number of benzene rings is 2. The quantitative estimate of drug-likeness (QED) is 0.564. The highest BCUT2D eigenvalue weighted by Gasteiger charge is 2.48. The molecular weight excluding hydrogens is 446 g/mol. The van der Waals surface area contributed by atoms with Crippen LogP contribution in [0.3, 0.4) is 0 Å². The number of rotatable bonds is 8. The summed E-state index contributed by atoms with van der Waals surface area (Å²) in [6, 6.07) is 14.6. The van der Waals surface area contributed by atoms with Crippen molar-refractivity contribution in [1.29, 1.82) is 0 Å². The minimum absolute atomic E-state index is 0.0722. The topological polar surface area (TPSA) is 97.0 Å². The van der Waals surface area contributed by atoms with Crippen molar-refractivity contribution in [3.63, 3.8) is 0 Å². The monoisotopic (exact) mass is 479 g/mol. The van der Waals surface area contributed by atoms with Crippen molar-refractivity contribution in [2.75, 3.05) is 19.8 Å². The number of nitrogens with one attached hydrogen (secondary N) is 2. The molecule has 186 valence electrons. The molecule has 4 rings (SSSR count). The lowest BCUT2D eigenvalue weighted by atomic mass is 9.93. The lowest BCUT2D eigenvalue weighted by Crippen LogP contribution is -2.46. The Morgan fingerprint density at radius 3 is 2.51 bits per heavy atom. The largest absolute Gasteiger partial charge is 0.490 e. The number of imide groups is 1. The average molecular weight is 480 g/mol. The zero-order valence-electron chi connectivity index (χ0n) is 20.5. The molecule has 0 unspecified atom stereocenters. The Morgan fingerprint density at radius 2 is 1.80 bits per heavy atom. The second-order valence-corrected chi connectivity index (χ2v) is 9.69. The molecule has 2 aromatic carbocycles. The van der Waals surface area contributed by atoms with Crippen molar-refractivity contribution >= 4 is 17.8 Å². The second-order valence-electron chi connectivity index (χ2n) is 9.69. The van der Waals surface area contributed by atoms with Crippen LogP contribution in [-0.4, -0.2) is 48.0 Å². The van der Waals surface area contributed by atoms with Gasteiger partial charge >= 0.3 is 6.03 Å². The van der Waals surface area contributed by atoms with Crippen LogP contribution in [0.5, 0.6) is 11.5 Å². The third-order valence-corrected chi connectivity index (χ3v) is 6.52. The van der Waals surface area contributed by atoms with Gasteiger partial charge in [0.25, 0.3) is 5.91 Å². The minimum Gasteiger partial charge on any atom is -0.490 e. The van der Waals surface area contributed by atoms with Crippen molar-refractivity contribution < 1.29 is 23.9 Å². The summed E-state index contributed by atoms with van der Waals surface area (Å²) in [7, 11) is 0. The number of amides is 4. The van der Waals surface area contributed by atoms with Gasteiger partial charge in [-0.3, -0.25) is 14.5 Å². The fraction of sp³-hybridized carbons (Fsp3) is 0.444. The van der Waals surface area contributed by atoms with Crippen LogP contribution in [0.15, 0.2) is 48.5 Å². The number of nitrogens with zero attached hydrogens (tertiary/aromatic N) is 1. The van der Waals surface area contributed by atoms with E-state index in [-0.39, 0.29) is 24.4 Å². The van der Waals surface area contributed by atoms with Gasteiger partial charge in [0.15, 0.2) is 11.5 Å². The van der Waals surface area contributed by atoms with E-state index >= 15 is 0 Å². The molecular formula is C27H33N3O5. The Balaban J connectivity index is 1.41. The van der Waals surface area contributed by atoms with Gasteiger partial charge in [-0.1, -0.05) is 50.2 Å². The lowest BCUT2D eigenvalue weighted by Gasteiger charge is -2.25. The van der Waals surface area contributed by atoms with Gasteiger partial charge in [0.1, 0.15) is 12.1 Å². The Bertz CT molecular complexity index is 1090. The number of hydrogen-bond donors (Lipinski definition) is 2. The van der Waals surface area contributed by atoms with Crippen molar-refractivity contribution in [2.24, 2.45) is 5.92 Å². The number of carbonyl (C=O) groups is 3. The molecule has 0 aliphatic carbocycles. The standard InChI is InChI=1S/C27H33N3O5/c1-18(2)24(20-10-11-21-22(16-20)35-15-7-14-34-21)28-23(31)17-30-25(32)27(3,29-26(30)33)13-12-19-8-5-4-6-9-19/h4-6,8-11,16,18,24H,7,12-15,17H2,1-3H3,(H,28,31)(H,29,33)/t24-,27-/m1/s1. The summed E-state index contributed by atoms with van der Waals surface area (Å²) in [5.74, 6) is 0.636. The van der Waals surface area contributed by atoms with Gasteiger partial charge in [-0.25, -0.2) is 4.79 Å². The molecule has 4 amide bonds. The van der Waals surface area contributed by atoms with Crippen LogP contribution in [0.4, 0.5) is 4.79 Å². The van der Waals surface area contributed by atoms with Gasteiger partial charge < -0.3 is 20.1 Å². The van der Waals surface area contributed by atoms with Gasteiger partial charge in [-0.2, -0.15) is 0 Å². The van der Waals surface area contributed by atoms with Crippen LogP contribution in [0.1, 0.15) is 50.8 Å². The molecule has 0 bridgehead atoms.